The number of methoxy groups -OCH3 is 2. The number of aromatic nitrogens is 2. The van der Waals surface area contributed by atoms with Crippen LogP contribution in [0.1, 0.15) is 33.9 Å². The van der Waals surface area contributed by atoms with Crippen LogP contribution in [0.15, 0.2) is 48.5 Å². The predicted octanol–water partition coefficient (Wildman–Crippen LogP) is 4.33. The fraction of sp³-hybridized carbons (Fsp3) is 0.269. The third kappa shape index (κ3) is 6.55. The summed E-state index contributed by atoms with van der Waals surface area (Å²) in [5, 5.41) is 2.87. The van der Waals surface area contributed by atoms with E-state index in [1.165, 1.54) is 6.08 Å². The average Bonchev–Trinajstić information content (AvgIpc) is 2.83. The van der Waals surface area contributed by atoms with Crippen LogP contribution < -0.4 is 19.5 Å². The minimum absolute atomic E-state index is 0.186. The number of carbonyl (C=O) groups excluding carboxylic acids is 1. The van der Waals surface area contributed by atoms with Crippen molar-refractivity contribution in [1.82, 2.24) is 15.3 Å². The first kappa shape index (κ1) is 23.8. The predicted molar refractivity (Wildman–Crippen MR) is 127 cm³/mol. The van der Waals surface area contributed by atoms with E-state index in [2.05, 4.69) is 15.3 Å². The highest BCUT2D eigenvalue weighted by Crippen LogP contribution is 2.29. The van der Waals surface area contributed by atoms with Gasteiger partial charge in [0.2, 0.25) is 5.91 Å². The van der Waals surface area contributed by atoms with E-state index >= 15 is 0 Å². The molecule has 1 amide bonds. The maximum Gasteiger partial charge on any atom is 0.244 e. The highest BCUT2D eigenvalue weighted by Gasteiger charge is 2.10. The molecule has 3 aromatic rings. The minimum atomic E-state index is -0.186. The Bertz CT molecular complexity index is 1140. The summed E-state index contributed by atoms with van der Waals surface area (Å²) in [5.74, 6) is 1.78. The van der Waals surface area contributed by atoms with E-state index in [1.807, 2.05) is 63.2 Å². The molecule has 7 nitrogen and oxygen atoms in total. The Balaban J connectivity index is 1.58. The first-order valence-electron chi connectivity index (χ1n) is 10.6. The molecule has 0 aliphatic heterocycles. The Morgan fingerprint density at radius 1 is 0.909 bits per heavy atom. The second-order valence-electron chi connectivity index (χ2n) is 7.52. The van der Waals surface area contributed by atoms with Gasteiger partial charge >= 0.3 is 0 Å². The van der Waals surface area contributed by atoms with Crippen molar-refractivity contribution in [3.8, 4) is 17.2 Å². The number of carbonyl (C=O) groups is 1. The zero-order chi connectivity index (χ0) is 23.8. The molecule has 0 aliphatic carbocycles. The highest BCUT2D eigenvalue weighted by atomic mass is 16.5. The fourth-order valence-corrected chi connectivity index (χ4v) is 3.12. The third-order valence-corrected chi connectivity index (χ3v) is 5.18. The van der Waals surface area contributed by atoms with E-state index in [1.54, 1.807) is 20.3 Å². The number of amides is 1. The molecule has 0 fully saturated rings. The SMILES string of the molecule is COc1ccc(/C=C/C(=O)NCc2ccc(OCc3nc(C)c(C)nc3C)c(OC)c2)cc1. The van der Waals surface area contributed by atoms with E-state index in [0.717, 1.165) is 39.7 Å². The number of nitrogens with one attached hydrogen (secondary N) is 1. The summed E-state index contributed by atoms with van der Waals surface area (Å²) in [6, 6.07) is 13.0. The molecular weight excluding hydrogens is 418 g/mol. The number of benzene rings is 2. The third-order valence-electron chi connectivity index (χ3n) is 5.18. The Labute approximate surface area is 194 Å². The van der Waals surface area contributed by atoms with Crippen LogP contribution in [-0.2, 0) is 17.9 Å². The van der Waals surface area contributed by atoms with Gasteiger partial charge < -0.3 is 19.5 Å². The first-order valence-corrected chi connectivity index (χ1v) is 10.6. The number of rotatable bonds is 9. The molecule has 0 unspecified atom stereocenters. The number of aryl methyl sites for hydroxylation is 3. The minimum Gasteiger partial charge on any atom is -0.497 e. The lowest BCUT2D eigenvalue weighted by Gasteiger charge is -2.13. The molecule has 1 heterocycles. The molecule has 172 valence electrons. The van der Waals surface area contributed by atoms with Crippen LogP contribution in [-0.4, -0.2) is 30.1 Å². The topological polar surface area (TPSA) is 82.6 Å². The molecule has 0 atom stereocenters. The van der Waals surface area contributed by atoms with Gasteiger partial charge in [0.15, 0.2) is 11.5 Å². The molecular formula is C26H29N3O4. The fourth-order valence-electron chi connectivity index (χ4n) is 3.12. The summed E-state index contributed by atoms with van der Waals surface area (Å²) in [6.45, 7) is 6.45. The van der Waals surface area contributed by atoms with E-state index < -0.39 is 0 Å². The van der Waals surface area contributed by atoms with Gasteiger partial charge in [-0.25, -0.2) is 0 Å². The van der Waals surface area contributed by atoms with Crippen molar-refractivity contribution in [2.45, 2.75) is 33.9 Å². The molecule has 0 saturated carbocycles. The lowest BCUT2D eigenvalue weighted by atomic mass is 10.2. The number of hydrogen-bond donors (Lipinski definition) is 1. The van der Waals surface area contributed by atoms with E-state index in [0.29, 0.717) is 24.7 Å². The van der Waals surface area contributed by atoms with Crippen molar-refractivity contribution in [3.05, 3.63) is 82.4 Å². The zero-order valence-electron chi connectivity index (χ0n) is 19.6. The summed E-state index contributed by atoms with van der Waals surface area (Å²) in [5.41, 5.74) is 5.25. The second-order valence-corrected chi connectivity index (χ2v) is 7.52. The van der Waals surface area contributed by atoms with Gasteiger partial charge in [0, 0.05) is 12.6 Å². The molecule has 3 rings (SSSR count). The van der Waals surface area contributed by atoms with Crippen LogP contribution >= 0.6 is 0 Å². The second kappa shape index (κ2) is 11.1. The summed E-state index contributed by atoms with van der Waals surface area (Å²) < 4.78 is 16.6. The smallest absolute Gasteiger partial charge is 0.244 e. The first-order chi connectivity index (χ1) is 15.9. The molecule has 0 bridgehead atoms. The van der Waals surface area contributed by atoms with Gasteiger partial charge in [-0.2, -0.15) is 0 Å². The summed E-state index contributed by atoms with van der Waals surface area (Å²) in [7, 11) is 3.20. The van der Waals surface area contributed by atoms with Crippen LogP contribution in [0.4, 0.5) is 0 Å². The lowest BCUT2D eigenvalue weighted by Crippen LogP contribution is -2.20. The molecule has 2 aromatic carbocycles. The standard InChI is InChI=1S/C26H29N3O4/c1-17-18(2)29-23(19(3)28-17)16-33-24-12-8-21(14-25(24)32-5)15-27-26(30)13-9-20-6-10-22(31-4)11-7-20/h6-14H,15-16H2,1-5H3,(H,27,30)/b13-9+. The van der Waals surface area contributed by atoms with Crippen molar-refractivity contribution >= 4 is 12.0 Å². The van der Waals surface area contributed by atoms with E-state index in [9.17, 15) is 4.79 Å². The van der Waals surface area contributed by atoms with Gasteiger partial charge in [-0.15, -0.1) is 0 Å². The molecule has 0 aliphatic rings. The van der Waals surface area contributed by atoms with E-state index in [-0.39, 0.29) is 5.91 Å². The summed E-state index contributed by atoms with van der Waals surface area (Å²) in [6.07, 6.45) is 3.26. The largest absolute Gasteiger partial charge is 0.497 e. The average molecular weight is 448 g/mol. The Hall–Kier alpha value is -3.87. The van der Waals surface area contributed by atoms with Gasteiger partial charge in [0.25, 0.3) is 0 Å². The lowest BCUT2D eigenvalue weighted by molar-refractivity contribution is -0.116. The van der Waals surface area contributed by atoms with Crippen molar-refractivity contribution in [2.24, 2.45) is 0 Å². The number of nitrogens with zero attached hydrogens (tertiary/aromatic N) is 2. The Kier molecular flexibility index (Phi) is 8.02. The van der Waals surface area contributed by atoms with Crippen LogP contribution in [0, 0.1) is 20.8 Å². The van der Waals surface area contributed by atoms with Crippen molar-refractivity contribution in [2.75, 3.05) is 14.2 Å². The zero-order valence-corrected chi connectivity index (χ0v) is 19.6. The number of hydrogen-bond acceptors (Lipinski definition) is 6. The maximum absolute atomic E-state index is 12.2. The Morgan fingerprint density at radius 2 is 1.64 bits per heavy atom. The summed E-state index contributed by atoms with van der Waals surface area (Å²) >= 11 is 0. The van der Waals surface area contributed by atoms with Crippen LogP contribution in [0.2, 0.25) is 0 Å². The van der Waals surface area contributed by atoms with E-state index in [4.69, 9.17) is 14.2 Å². The molecule has 33 heavy (non-hydrogen) atoms. The van der Waals surface area contributed by atoms with Gasteiger partial charge in [0.1, 0.15) is 12.4 Å². The highest BCUT2D eigenvalue weighted by molar-refractivity contribution is 5.91. The van der Waals surface area contributed by atoms with Crippen LogP contribution in [0.5, 0.6) is 17.2 Å². The van der Waals surface area contributed by atoms with Gasteiger partial charge in [-0.1, -0.05) is 18.2 Å². The van der Waals surface area contributed by atoms with Crippen molar-refractivity contribution in [1.29, 1.82) is 0 Å². The molecule has 0 saturated heterocycles. The molecule has 1 aromatic heterocycles. The molecule has 7 heteroatoms. The van der Waals surface area contributed by atoms with Crippen LogP contribution in [0.3, 0.4) is 0 Å². The quantitative estimate of drug-likeness (QED) is 0.492. The van der Waals surface area contributed by atoms with Gasteiger partial charge in [-0.3, -0.25) is 14.8 Å². The Morgan fingerprint density at radius 3 is 2.33 bits per heavy atom. The van der Waals surface area contributed by atoms with Gasteiger partial charge in [-0.05, 0) is 62.2 Å². The van der Waals surface area contributed by atoms with Crippen molar-refractivity contribution < 1.29 is 19.0 Å². The van der Waals surface area contributed by atoms with Crippen LogP contribution in [0.25, 0.3) is 6.08 Å². The maximum atomic E-state index is 12.2. The number of ether oxygens (including phenoxy) is 3. The molecule has 0 spiro atoms. The molecule has 0 radical (unpaired) electrons. The summed E-state index contributed by atoms with van der Waals surface area (Å²) in [4.78, 5) is 21.3. The normalized spacial score (nSPS) is 10.8. The monoisotopic (exact) mass is 447 g/mol. The molecule has 1 N–H and O–H groups in total. The van der Waals surface area contributed by atoms with Gasteiger partial charge in [0.05, 0.1) is 37.0 Å². The van der Waals surface area contributed by atoms with Crippen molar-refractivity contribution in [3.63, 3.8) is 0 Å².